The van der Waals surface area contributed by atoms with E-state index in [1.165, 1.54) is 5.56 Å². The Morgan fingerprint density at radius 3 is 2.74 bits per heavy atom. The van der Waals surface area contributed by atoms with E-state index in [9.17, 15) is 9.90 Å². The van der Waals surface area contributed by atoms with E-state index in [1.54, 1.807) is 6.92 Å². The summed E-state index contributed by atoms with van der Waals surface area (Å²) in [6.45, 7) is 8.62. The molecule has 0 aliphatic carbocycles. The number of likely N-dealkylation sites (tertiary alicyclic amines) is 1. The van der Waals surface area contributed by atoms with Crippen molar-refractivity contribution in [3.8, 4) is 5.75 Å². The van der Waals surface area contributed by atoms with E-state index in [-0.39, 0.29) is 18.1 Å². The molecule has 1 aromatic carbocycles. The summed E-state index contributed by atoms with van der Waals surface area (Å²) in [6.07, 6.45) is 1.71. The lowest BCUT2D eigenvalue weighted by Crippen LogP contribution is -2.44. The number of aliphatic hydroxyl groups excluding tert-OH is 1. The fourth-order valence-electron chi connectivity index (χ4n) is 3.20. The van der Waals surface area contributed by atoms with Crippen molar-refractivity contribution >= 4 is 5.91 Å². The molecular formula is C19H29NO3. The molecule has 0 spiro atoms. The number of rotatable bonds is 6. The second kappa shape index (κ2) is 7.82. The molecule has 1 fully saturated rings. The van der Waals surface area contributed by atoms with Crippen molar-refractivity contribution in [2.75, 3.05) is 6.54 Å². The molecule has 0 bridgehead atoms. The lowest BCUT2D eigenvalue weighted by Gasteiger charge is -2.28. The molecule has 128 valence electrons. The van der Waals surface area contributed by atoms with Gasteiger partial charge in [-0.2, -0.15) is 0 Å². The highest BCUT2D eigenvalue weighted by molar-refractivity contribution is 5.81. The van der Waals surface area contributed by atoms with Crippen LogP contribution in [0.4, 0.5) is 0 Å². The smallest absolute Gasteiger partial charge is 0.263 e. The lowest BCUT2D eigenvalue weighted by atomic mass is 10.0. The number of nitrogens with zero attached hydrogens (tertiary/aromatic N) is 1. The van der Waals surface area contributed by atoms with Crippen LogP contribution < -0.4 is 4.74 Å². The third kappa shape index (κ3) is 4.71. The fourth-order valence-corrected chi connectivity index (χ4v) is 3.20. The number of hydrogen-bond acceptors (Lipinski definition) is 3. The summed E-state index contributed by atoms with van der Waals surface area (Å²) in [4.78, 5) is 14.6. The number of amides is 1. The highest BCUT2D eigenvalue weighted by Gasteiger charge is 2.32. The van der Waals surface area contributed by atoms with Gasteiger partial charge >= 0.3 is 0 Å². The van der Waals surface area contributed by atoms with E-state index in [2.05, 4.69) is 19.9 Å². The van der Waals surface area contributed by atoms with Crippen LogP contribution in [0.3, 0.4) is 0 Å². The lowest BCUT2D eigenvalue weighted by molar-refractivity contribution is -0.139. The first-order chi connectivity index (χ1) is 10.9. The molecule has 3 atom stereocenters. The highest BCUT2D eigenvalue weighted by atomic mass is 16.5. The summed E-state index contributed by atoms with van der Waals surface area (Å²) >= 11 is 0. The highest BCUT2D eigenvalue weighted by Crippen LogP contribution is 2.25. The van der Waals surface area contributed by atoms with Crippen LogP contribution in [0.1, 0.15) is 58.4 Å². The third-order valence-corrected chi connectivity index (χ3v) is 4.46. The second-order valence-corrected chi connectivity index (χ2v) is 6.90. The first-order valence-corrected chi connectivity index (χ1v) is 8.63. The maximum absolute atomic E-state index is 12.7. The van der Waals surface area contributed by atoms with Crippen molar-refractivity contribution < 1.29 is 14.6 Å². The summed E-state index contributed by atoms with van der Waals surface area (Å²) in [5, 5.41) is 9.60. The van der Waals surface area contributed by atoms with Gasteiger partial charge in [0, 0.05) is 12.6 Å². The zero-order valence-corrected chi connectivity index (χ0v) is 14.7. The predicted octanol–water partition coefficient (Wildman–Crippen LogP) is 3.34. The van der Waals surface area contributed by atoms with Crippen LogP contribution in [-0.2, 0) is 4.79 Å². The molecule has 3 unspecified atom stereocenters. The second-order valence-electron chi connectivity index (χ2n) is 6.90. The van der Waals surface area contributed by atoms with Crippen molar-refractivity contribution in [1.82, 2.24) is 4.90 Å². The Kier molecular flexibility index (Phi) is 6.05. The first kappa shape index (κ1) is 17.8. The molecule has 1 N–H and O–H groups in total. The number of carbonyl (C=O) groups excluding carboxylic acids is 1. The average Bonchev–Trinajstić information content (AvgIpc) is 2.93. The van der Waals surface area contributed by atoms with Crippen LogP contribution in [0.2, 0.25) is 0 Å². The van der Waals surface area contributed by atoms with Crippen LogP contribution in [0, 0.1) is 0 Å². The quantitative estimate of drug-likeness (QED) is 0.875. The Hall–Kier alpha value is -1.55. The minimum Gasteiger partial charge on any atom is -0.481 e. The van der Waals surface area contributed by atoms with E-state index in [0.29, 0.717) is 12.3 Å². The minimum atomic E-state index is -0.507. The number of benzene rings is 1. The molecule has 1 aromatic rings. The summed E-state index contributed by atoms with van der Waals surface area (Å²) in [6, 6.07) is 8.07. The van der Waals surface area contributed by atoms with Gasteiger partial charge in [0.15, 0.2) is 6.10 Å². The van der Waals surface area contributed by atoms with Gasteiger partial charge in [-0.25, -0.2) is 0 Å². The normalized spacial score (nSPS) is 20.6. The van der Waals surface area contributed by atoms with Crippen LogP contribution in [0.25, 0.3) is 0 Å². The van der Waals surface area contributed by atoms with Crippen LogP contribution in [0.5, 0.6) is 5.75 Å². The number of hydrogen-bond donors (Lipinski definition) is 1. The predicted molar refractivity (Wildman–Crippen MR) is 91.7 cm³/mol. The van der Waals surface area contributed by atoms with E-state index in [1.807, 2.05) is 30.0 Å². The summed E-state index contributed by atoms with van der Waals surface area (Å²) in [5.41, 5.74) is 1.20. The Morgan fingerprint density at radius 1 is 1.35 bits per heavy atom. The van der Waals surface area contributed by atoms with Gasteiger partial charge in [-0.05, 0) is 56.7 Å². The molecule has 0 radical (unpaired) electrons. The number of aliphatic hydroxyl groups is 1. The largest absolute Gasteiger partial charge is 0.481 e. The van der Waals surface area contributed by atoms with Gasteiger partial charge in [-0.15, -0.1) is 0 Å². The van der Waals surface area contributed by atoms with Crippen LogP contribution in [-0.4, -0.2) is 40.7 Å². The molecule has 0 aromatic heterocycles. The molecule has 1 amide bonds. The number of carbonyl (C=O) groups is 1. The zero-order chi connectivity index (χ0) is 17.0. The van der Waals surface area contributed by atoms with E-state index >= 15 is 0 Å². The zero-order valence-electron chi connectivity index (χ0n) is 14.7. The Balaban J connectivity index is 2.00. The van der Waals surface area contributed by atoms with Crippen molar-refractivity contribution in [1.29, 1.82) is 0 Å². The van der Waals surface area contributed by atoms with E-state index in [0.717, 1.165) is 25.1 Å². The van der Waals surface area contributed by atoms with Gasteiger partial charge in [0.1, 0.15) is 5.75 Å². The Morgan fingerprint density at radius 2 is 2.09 bits per heavy atom. The molecule has 1 heterocycles. The molecule has 4 heteroatoms. The summed E-state index contributed by atoms with van der Waals surface area (Å²) in [7, 11) is 0. The van der Waals surface area contributed by atoms with Crippen molar-refractivity contribution in [3.63, 3.8) is 0 Å². The Bertz CT molecular complexity index is 527. The topological polar surface area (TPSA) is 49.8 Å². The molecular weight excluding hydrogens is 290 g/mol. The Labute approximate surface area is 139 Å². The third-order valence-electron chi connectivity index (χ3n) is 4.46. The molecule has 23 heavy (non-hydrogen) atoms. The monoisotopic (exact) mass is 319 g/mol. The van der Waals surface area contributed by atoms with Gasteiger partial charge in [0.25, 0.3) is 5.91 Å². The summed E-state index contributed by atoms with van der Waals surface area (Å²) in [5.74, 6) is 1.19. The first-order valence-electron chi connectivity index (χ1n) is 8.63. The SMILES string of the molecule is CC(O)CC1CCCN1C(=O)C(C)Oc1cccc(C(C)C)c1. The fraction of sp³-hybridized carbons (Fsp3) is 0.632. The van der Waals surface area contributed by atoms with Crippen LogP contribution in [0.15, 0.2) is 24.3 Å². The van der Waals surface area contributed by atoms with Gasteiger partial charge in [0.2, 0.25) is 0 Å². The van der Waals surface area contributed by atoms with Gasteiger partial charge in [-0.1, -0.05) is 26.0 Å². The standard InChI is InChI=1S/C19H29NO3/c1-13(2)16-7-5-9-18(12-16)23-15(4)19(22)20-10-6-8-17(20)11-14(3)21/h5,7,9,12-15,17,21H,6,8,10-11H2,1-4H3. The molecule has 1 saturated heterocycles. The maximum atomic E-state index is 12.7. The van der Waals surface area contributed by atoms with Crippen molar-refractivity contribution in [3.05, 3.63) is 29.8 Å². The van der Waals surface area contributed by atoms with Gasteiger partial charge in [-0.3, -0.25) is 4.79 Å². The maximum Gasteiger partial charge on any atom is 0.263 e. The average molecular weight is 319 g/mol. The minimum absolute atomic E-state index is 0.0168. The molecule has 4 nitrogen and oxygen atoms in total. The van der Waals surface area contributed by atoms with Crippen molar-refractivity contribution in [2.24, 2.45) is 0 Å². The van der Waals surface area contributed by atoms with Gasteiger partial charge in [0.05, 0.1) is 6.10 Å². The van der Waals surface area contributed by atoms with E-state index in [4.69, 9.17) is 4.74 Å². The summed E-state index contributed by atoms with van der Waals surface area (Å²) < 4.78 is 5.88. The van der Waals surface area contributed by atoms with E-state index < -0.39 is 6.10 Å². The molecule has 2 rings (SSSR count). The molecule has 0 saturated carbocycles. The number of ether oxygens (including phenoxy) is 1. The van der Waals surface area contributed by atoms with Gasteiger partial charge < -0.3 is 14.7 Å². The molecule has 1 aliphatic heterocycles. The van der Waals surface area contributed by atoms with Crippen LogP contribution >= 0.6 is 0 Å². The molecule has 1 aliphatic rings. The van der Waals surface area contributed by atoms with Crippen molar-refractivity contribution in [2.45, 2.75) is 71.1 Å².